The summed E-state index contributed by atoms with van der Waals surface area (Å²) in [7, 11) is 2.68. The zero-order valence-electron chi connectivity index (χ0n) is 15.4. The van der Waals surface area contributed by atoms with Crippen LogP contribution in [0.15, 0.2) is 48.0 Å². The van der Waals surface area contributed by atoms with Gasteiger partial charge < -0.3 is 9.47 Å². The van der Waals surface area contributed by atoms with Crippen LogP contribution in [-0.4, -0.2) is 38.0 Å². The highest BCUT2D eigenvalue weighted by Gasteiger charge is 2.37. The molecule has 0 spiro atoms. The lowest BCUT2D eigenvalue weighted by atomic mass is 10.1. The molecule has 1 N–H and O–H groups in total. The molecule has 148 valence electrons. The first kappa shape index (κ1) is 20.1. The molecule has 2 aromatic rings. The van der Waals surface area contributed by atoms with E-state index in [1.54, 1.807) is 12.1 Å². The SMILES string of the molecule is COC(=O)c1ccc(N2C(=O)NC(=O)/C(=C\c3cc(Cl)ccc3OC)C2=O)cc1. The molecule has 8 nitrogen and oxygen atoms in total. The molecule has 0 atom stereocenters. The van der Waals surface area contributed by atoms with Gasteiger partial charge in [0.2, 0.25) is 0 Å². The highest BCUT2D eigenvalue weighted by atomic mass is 35.5. The van der Waals surface area contributed by atoms with Crippen LogP contribution in [0.25, 0.3) is 6.08 Å². The Hall–Kier alpha value is -3.65. The maximum atomic E-state index is 12.9. The van der Waals surface area contributed by atoms with Gasteiger partial charge in [0.25, 0.3) is 11.8 Å². The van der Waals surface area contributed by atoms with Gasteiger partial charge in [-0.3, -0.25) is 14.9 Å². The predicted octanol–water partition coefficient (Wildman–Crippen LogP) is 2.80. The standard InChI is InChI=1S/C20H15ClN2O6/c1-28-16-8-5-13(21)9-12(16)10-15-17(24)22-20(27)23(18(15)25)14-6-3-11(4-7-14)19(26)29-2/h3-10H,1-2H3,(H,22,24,27)/b15-10+. The van der Waals surface area contributed by atoms with E-state index in [1.165, 1.54) is 50.6 Å². The van der Waals surface area contributed by atoms with Gasteiger partial charge >= 0.3 is 12.0 Å². The van der Waals surface area contributed by atoms with Gasteiger partial charge in [0.15, 0.2) is 0 Å². The summed E-state index contributed by atoms with van der Waals surface area (Å²) in [6.45, 7) is 0. The lowest BCUT2D eigenvalue weighted by Crippen LogP contribution is -2.54. The Balaban J connectivity index is 2.00. The summed E-state index contributed by atoms with van der Waals surface area (Å²) in [6.07, 6.45) is 1.30. The van der Waals surface area contributed by atoms with Gasteiger partial charge in [0.1, 0.15) is 11.3 Å². The zero-order chi connectivity index (χ0) is 21.1. The van der Waals surface area contributed by atoms with E-state index >= 15 is 0 Å². The Morgan fingerprint density at radius 1 is 1.07 bits per heavy atom. The molecule has 0 bridgehead atoms. The van der Waals surface area contributed by atoms with Crippen LogP contribution in [0.5, 0.6) is 5.75 Å². The number of methoxy groups -OCH3 is 2. The fraction of sp³-hybridized carbons (Fsp3) is 0.100. The normalized spacial score (nSPS) is 15.3. The topological polar surface area (TPSA) is 102 Å². The molecule has 1 aliphatic rings. The van der Waals surface area contributed by atoms with E-state index in [-0.39, 0.29) is 16.8 Å². The Bertz CT molecular complexity index is 1050. The molecule has 9 heteroatoms. The average molecular weight is 415 g/mol. The summed E-state index contributed by atoms with van der Waals surface area (Å²) in [4.78, 5) is 49.8. The van der Waals surface area contributed by atoms with Crippen LogP contribution in [0.1, 0.15) is 15.9 Å². The molecule has 1 aliphatic heterocycles. The number of urea groups is 1. The molecular formula is C20H15ClN2O6. The van der Waals surface area contributed by atoms with Crippen molar-refractivity contribution in [3.8, 4) is 5.75 Å². The molecule has 4 amide bonds. The number of esters is 1. The first-order valence-corrected chi connectivity index (χ1v) is 8.67. The minimum absolute atomic E-state index is 0.177. The quantitative estimate of drug-likeness (QED) is 0.469. The number of barbiturate groups is 1. The van der Waals surface area contributed by atoms with Crippen LogP contribution in [0.3, 0.4) is 0 Å². The van der Waals surface area contributed by atoms with Crippen LogP contribution in [0.4, 0.5) is 10.5 Å². The Kier molecular flexibility index (Phi) is 5.65. The number of anilines is 1. The number of imide groups is 2. The first-order valence-electron chi connectivity index (χ1n) is 8.29. The monoisotopic (exact) mass is 414 g/mol. The van der Waals surface area contributed by atoms with Crippen LogP contribution in [-0.2, 0) is 14.3 Å². The number of nitrogens with one attached hydrogen (secondary N) is 1. The second kappa shape index (κ2) is 8.15. The average Bonchev–Trinajstić information content (AvgIpc) is 2.71. The van der Waals surface area contributed by atoms with Crippen molar-refractivity contribution in [2.24, 2.45) is 0 Å². The van der Waals surface area contributed by atoms with Crippen molar-refractivity contribution in [1.29, 1.82) is 0 Å². The minimum Gasteiger partial charge on any atom is -0.496 e. The Morgan fingerprint density at radius 2 is 1.76 bits per heavy atom. The molecule has 1 heterocycles. The summed E-state index contributed by atoms with van der Waals surface area (Å²) < 4.78 is 9.84. The summed E-state index contributed by atoms with van der Waals surface area (Å²) >= 11 is 5.99. The fourth-order valence-corrected chi connectivity index (χ4v) is 2.91. The lowest BCUT2D eigenvalue weighted by molar-refractivity contribution is -0.122. The molecule has 0 unspecified atom stereocenters. The molecule has 0 aliphatic carbocycles. The van der Waals surface area contributed by atoms with E-state index in [4.69, 9.17) is 16.3 Å². The number of amides is 4. The maximum absolute atomic E-state index is 12.9. The molecule has 0 aromatic heterocycles. The smallest absolute Gasteiger partial charge is 0.337 e. The highest BCUT2D eigenvalue weighted by Crippen LogP contribution is 2.27. The van der Waals surface area contributed by atoms with E-state index in [9.17, 15) is 19.2 Å². The third-order valence-corrected chi connectivity index (χ3v) is 4.37. The van der Waals surface area contributed by atoms with Crippen LogP contribution in [0.2, 0.25) is 5.02 Å². The highest BCUT2D eigenvalue weighted by molar-refractivity contribution is 6.39. The lowest BCUT2D eigenvalue weighted by Gasteiger charge is -2.26. The number of nitrogens with zero attached hydrogens (tertiary/aromatic N) is 1. The van der Waals surface area contributed by atoms with Crippen LogP contribution >= 0.6 is 11.6 Å². The number of halogens is 1. The number of hydrogen-bond acceptors (Lipinski definition) is 6. The van der Waals surface area contributed by atoms with E-state index < -0.39 is 23.8 Å². The van der Waals surface area contributed by atoms with Crippen molar-refractivity contribution in [3.63, 3.8) is 0 Å². The van der Waals surface area contributed by atoms with Crippen molar-refractivity contribution in [1.82, 2.24) is 5.32 Å². The van der Waals surface area contributed by atoms with E-state index in [1.807, 2.05) is 0 Å². The number of hydrogen-bond donors (Lipinski definition) is 1. The van der Waals surface area contributed by atoms with Crippen molar-refractivity contribution in [3.05, 3.63) is 64.2 Å². The molecule has 2 aromatic carbocycles. The number of carbonyl (C=O) groups is 4. The molecular weight excluding hydrogens is 400 g/mol. The molecule has 29 heavy (non-hydrogen) atoms. The van der Waals surface area contributed by atoms with Crippen molar-refractivity contribution >= 4 is 47.2 Å². The Labute approximate surface area is 170 Å². The van der Waals surface area contributed by atoms with Crippen molar-refractivity contribution < 1.29 is 28.7 Å². The summed E-state index contributed by atoms with van der Waals surface area (Å²) in [5.41, 5.74) is 0.546. The largest absolute Gasteiger partial charge is 0.496 e. The number of rotatable bonds is 4. The van der Waals surface area contributed by atoms with Crippen LogP contribution in [0, 0.1) is 0 Å². The van der Waals surface area contributed by atoms with Gasteiger partial charge in [0, 0.05) is 10.6 Å². The van der Waals surface area contributed by atoms with Gasteiger partial charge in [-0.05, 0) is 48.5 Å². The number of carbonyl (C=O) groups excluding carboxylic acids is 4. The molecule has 1 saturated heterocycles. The molecule has 0 radical (unpaired) electrons. The predicted molar refractivity (Wildman–Crippen MR) is 105 cm³/mol. The molecule has 3 rings (SSSR count). The minimum atomic E-state index is -0.902. The van der Waals surface area contributed by atoms with Gasteiger partial charge in [-0.25, -0.2) is 14.5 Å². The van der Waals surface area contributed by atoms with Crippen LogP contribution < -0.4 is 15.0 Å². The zero-order valence-corrected chi connectivity index (χ0v) is 16.1. The maximum Gasteiger partial charge on any atom is 0.337 e. The first-order chi connectivity index (χ1) is 13.8. The summed E-state index contributed by atoms with van der Waals surface area (Å²) in [6, 6.07) is 9.43. The van der Waals surface area contributed by atoms with Gasteiger partial charge in [0.05, 0.1) is 25.5 Å². The second-order valence-corrected chi connectivity index (χ2v) is 6.32. The van der Waals surface area contributed by atoms with Gasteiger partial charge in [-0.2, -0.15) is 0 Å². The van der Waals surface area contributed by atoms with Gasteiger partial charge in [-0.15, -0.1) is 0 Å². The number of ether oxygens (including phenoxy) is 2. The Morgan fingerprint density at radius 3 is 2.38 bits per heavy atom. The molecule has 1 fully saturated rings. The van der Waals surface area contributed by atoms with E-state index in [0.717, 1.165) is 4.90 Å². The fourth-order valence-electron chi connectivity index (χ4n) is 2.73. The second-order valence-electron chi connectivity index (χ2n) is 5.88. The summed E-state index contributed by atoms with van der Waals surface area (Å²) in [5, 5.41) is 2.50. The molecule has 0 saturated carbocycles. The third-order valence-electron chi connectivity index (χ3n) is 4.14. The van der Waals surface area contributed by atoms with E-state index in [2.05, 4.69) is 10.1 Å². The summed E-state index contributed by atoms with van der Waals surface area (Å²) in [5.74, 6) is -1.83. The van der Waals surface area contributed by atoms with Crippen molar-refractivity contribution in [2.75, 3.05) is 19.1 Å². The number of benzene rings is 2. The van der Waals surface area contributed by atoms with Gasteiger partial charge in [-0.1, -0.05) is 11.6 Å². The van der Waals surface area contributed by atoms with E-state index in [0.29, 0.717) is 16.3 Å². The third kappa shape index (κ3) is 3.97. The van der Waals surface area contributed by atoms with Crippen molar-refractivity contribution in [2.45, 2.75) is 0 Å².